The highest BCUT2D eigenvalue weighted by molar-refractivity contribution is 5.81. The Bertz CT molecular complexity index is 393. The van der Waals surface area contributed by atoms with Crippen LogP contribution in [-0.2, 0) is 16.0 Å². The molecule has 0 fully saturated rings. The highest BCUT2D eigenvalue weighted by atomic mass is 16.5. The Balaban J connectivity index is 2.08. The van der Waals surface area contributed by atoms with E-state index < -0.39 is 6.04 Å². The van der Waals surface area contributed by atoms with Crippen LogP contribution < -0.4 is 11.1 Å². The largest absolute Gasteiger partial charge is 0.380 e. The fourth-order valence-electron chi connectivity index (χ4n) is 1.90. The summed E-state index contributed by atoms with van der Waals surface area (Å²) in [6.07, 6.45) is 2.52. The minimum Gasteiger partial charge on any atom is -0.380 e. The topological polar surface area (TPSA) is 64.3 Å². The first kappa shape index (κ1) is 17.7. The molecule has 0 aliphatic heterocycles. The van der Waals surface area contributed by atoms with E-state index in [9.17, 15) is 4.79 Å². The van der Waals surface area contributed by atoms with Crippen LogP contribution in [0.25, 0.3) is 0 Å². The number of ether oxygens (including phenoxy) is 1. The third kappa shape index (κ3) is 8.48. The molecule has 0 unspecified atom stereocenters. The first-order valence-electron chi connectivity index (χ1n) is 7.74. The monoisotopic (exact) mass is 292 g/mol. The van der Waals surface area contributed by atoms with Gasteiger partial charge in [0, 0.05) is 13.2 Å². The van der Waals surface area contributed by atoms with Crippen molar-refractivity contribution in [2.24, 2.45) is 11.7 Å². The van der Waals surface area contributed by atoms with E-state index in [0.717, 1.165) is 19.4 Å². The van der Waals surface area contributed by atoms with Crippen LogP contribution >= 0.6 is 0 Å². The lowest BCUT2D eigenvalue weighted by Crippen LogP contribution is -2.42. The Morgan fingerprint density at radius 2 is 1.90 bits per heavy atom. The molecule has 3 N–H and O–H groups in total. The molecule has 0 aliphatic rings. The lowest BCUT2D eigenvalue weighted by atomic mass is 10.1. The quantitative estimate of drug-likeness (QED) is 0.649. The van der Waals surface area contributed by atoms with Crippen molar-refractivity contribution in [1.82, 2.24) is 5.32 Å². The summed E-state index contributed by atoms with van der Waals surface area (Å²) in [5.74, 6) is 0.546. The van der Waals surface area contributed by atoms with Crippen LogP contribution in [0.3, 0.4) is 0 Å². The van der Waals surface area contributed by atoms with Crippen molar-refractivity contribution in [2.45, 2.75) is 39.2 Å². The van der Waals surface area contributed by atoms with Crippen LogP contribution in [0.4, 0.5) is 0 Å². The summed E-state index contributed by atoms with van der Waals surface area (Å²) in [7, 11) is 0. The maximum atomic E-state index is 11.8. The summed E-state index contributed by atoms with van der Waals surface area (Å²) in [5, 5.41) is 2.82. The van der Waals surface area contributed by atoms with Gasteiger partial charge in [0.15, 0.2) is 0 Å². The molecule has 0 saturated carbocycles. The first-order valence-corrected chi connectivity index (χ1v) is 7.74. The number of carbonyl (C=O) groups excluding carboxylic acids is 1. The van der Waals surface area contributed by atoms with E-state index in [1.807, 2.05) is 30.3 Å². The average molecular weight is 292 g/mol. The third-order valence-electron chi connectivity index (χ3n) is 3.31. The average Bonchev–Trinajstić information content (AvgIpc) is 2.48. The van der Waals surface area contributed by atoms with Gasteiger partial charge >= 0.3 is 0 Å². The van der Waals surface area contributed by atoms with Crippen LogP contribution in [0.2, 0.25) is 0 Å². The molecule has 118 valence electrons. The molecule has 0 spiro atoms. The zero-order chi connectivity index (χ0) is 15.5. The van der Waals surface area contributed by atoms with E-state index in [-0.39, 0.29) is 5.91 Å². The molecule has 0 radical (unpaired) electrons. The van der Waals surface area contributed by atoms with Gasteiger partial charge in [-0.2, -0.15) is 0 Å². The van der Waals surface area contributed by atoms with Gasteiger partial charge < -0.3 is 15.8 Å². The Hall–Kier alpha value is -1.39. The van der Waals surface area contributed by atoms with E-state index >= 15 is 0 Å². The fourth-order valence-corrected chi connectivity index (χ4v) is 1.90. The summed E-state index contributed by atoms with van der Waals surface area (Å²) in [6, 6.07) is 9.61. The molecule has 21 heavy (non-hydrogen) atoms. The van der Waals surface area contributed by atoms with Crippen LogP contribution in [-0.4, -0.2) is 31.7 Å². The number of aryl methyl sites for hydroxylation is 1. The van der Waals surface area contributed by atoms with Crippen molar-refractivity contribution < 1.29 is 9.53 Å². The van der Waals surface area contributed by atoms with Gasteiger partial charge in [-0.3, -0.25) is 4.79 Å². The summed E-state index contributed by atoms with van der Waals surface area (Å²) in [5.41, 5.74) is 7.10. The number of rotatable bonds is 10. The molecule has 1 amide bonds. The zero-order valence-corrected chi connectivity index (χ0v) is 13.2. The Labute approximate surface area is 128 Å². The number of amides is 1. The van der Waals surface area contributed by atoms with Crippen LogP contribution in [0.15, 0.2) is 30.3 Å². The summed E-state index contributed by atoms with van der Waals surface area (Å²) in [4.78, 5) is 11.8. The van der Waals surface area contributed by atoms with Crippen molar-refractivity contribution in [1.29, 1.82) is 0 Å². The van der Waals surface area contributed by atoms with Crippen molar-refractivity contribution in [3.8, 4) is 0 Å². The molecule has 4 nitrogen and oxygen atoms in total. The Morgan fingerprint density at radius 3 is 2.57 bits per heavy atom. The second-order valence-corrected chi connectivity index (χ2v) is 5.72. The van der Waals surface area contributed by atoms with Gasteiger partial charge in [0.1, 0.15) is 0 Å². The van der Waals surface area contributed by atoms with Gasteiger partial charge in [-0.05, 0) is 30.7 Å². The molecule has 4 heteroatoms. The van der Waals surface area contributed by atoms with E-state index in [1.165, 1.54) is 5.56 Å². The number of nitrogens with two attached hydrogens (primary N) is 1. The van der Waals surface area contributed by atoms with E-state index in [4.69, 9.17) is 10.5 Å². The third-order valence-corrected chi connectivity index (χ3v) is 3.31. The number of hydrogen-bond donors (Lipinski definition) is 2. The van der Waals surface area contributed by atoms with E-state index in [1.54, 1.807) is 0 Å². The molecular weight excluding hydrogens is 264 g/mol. The van der Waals surface area contributed by atoms with Crippen molar-refractivity contribution in [2.75, 3.05) is 19.8 Å². The zero-order valence-electron chi connectivity index (χ0n) is 13.2. The summed E-state index contributed by atoms with van der Waals surface area (Å²) in [6.45, 7) is 6.14. The van der Waals surface area contributed by atoms with Crippen LogP contribution in [0, 0.1) is 5.92 Å². The van der Waals surface area contributed by atoms with Crippen molar-refractivity contribution >= 4 is 5.91 Å². The van der Waals surface area contributed by atoms with Gasteiger partial charge in [-0.25, -0.2) is 0 Å². The van der Waals surface area contributed by atoms with Gasteiger partial charge in [-0.1, -0.05) is 44.2 Å². The minimum absolute atomic E-state index is 0.0987. The number of nitrogens with one attached hydrogen (secondary N) is 1. The minimum atomic E-state index is -0.458. The maximum absolute atomic E-state index is 11.8. The second kappa shape index (κ2) is 10.4. The number of carbonyl (C=O) groups is 1. The molecule has 1 aromatic rings. The summed E-state index contributed by atoms with van der Waals surface area (Å²) < 4.78 is 5.45. The predicted octanol–water partition coefficient (Wildman–Crippen LogP) is 2.13. The van der Waals surface area contributed by atoms with E-state index in [0.29, 0.717) is 25.5 Å². The molecule has 1 rings (SSSR count). The van der Waals surface area contributed by atoms with Gasteiger partial charge in [0.05, 0.1) is 12.6 Å². The molecule has 0 bridgehead atoms. The predicted molar refractivity (Wildman–Crippen MR) is 86.0 cm³/mol. The second-order valence-electron chi connectivity index (χ2n) is 5.72. The summed E-state index contributed by atoms with van der Waals surface area (Å²) >= 11 is 0. The SMILES string of the molecule is CC(C)CCOCCNC(=O)[C@@H](N)CCc1ccccc1. The molecule has 0 aromatic heterocycles. The smallest absolute Gasteiger partial charge is 0.237 e. The normalized spacial score (nSPS) is 12.4. The highest BCUT2D eigenvalue weighted by Crippen LogP contribution is 2.04. The highest BCUT2D eigenvalue weighted by Gasteiger charge is 2.12. The maximum Gasteiger partial charge on any atom is 0.237 e. The molecule has 0 heterocycles. The van der Waals surface area contributed by atoms with E-state index in [2.05, 4.69) is 19.2 Å². The Morgan fingerprint density at radius 1 is 1.19 bits per heavy atom. The van der Waals surface area contributed by atoms with Crippen LogP contribution in [0.5, 0.6) is 0 Å². The van der Waals surface area contributed by atoms with Crippen molar-refractivity contribution in [3.05, 3.63) is 35.9 Å². The van der Waals surface area contributed by atoms with Gasteiger partial charge in [-0.15, -0.1) is 0 Å². The van der Waals surface area contributed by atoms with Gasteiger partial charge in [0.25, 0.3) is 0 Å². The lowest BCUT2D eigenvalue weighted by Gasteiger charge is -2.12. The standard InChI is InChI=1S/C17H28N2O2/c1-14(2)10-12-21-13-11-19-17(20)16(18)9-8-15-6-4-3-5-7-15/h3-7,14,16H,8-13,18H2,1-2H3,(H,19,20)/t16-/m0/s1. The molecule has 0 aliphatic carbocycles. The molecular formula is C17H28N2O2. The van der Waals surface area contributed by atoms with Crippen LogP contribution in [0.1, 0.15) is 32.3 Å². The Kier molecular flexibility index (Phi) is 8.71. The molecule has 1 atom stereocenters. The van der Waals surface area contributed by atoms with Crippen molar-refractivity contribution in [3.63, 3.8) is 0 Å². The number of benzene rings is 1. The number of hydrogen-bond acceptors (Lipinski definition) is 3. The van der Waals surface area contributed by atoms with Gasteiger partial charge in [0.2, 0.25) is 5.91 Å². The fraction of sp³-hybridized carbons (Fsp3) is 0.588. The molecule has 1 aromatic carbocycles. The first-order chi connectivity index (χ1) is 10.1. The lowest BCUT2D eigenvalue weighted by molar-refractivity contribution is -0.122. The molecule has 0 saturated heterocycles.